The number of hydrogen-bond acceptors (Lipinski definition) is 1. The van der Waals surface area contributed by atoms with Crippen molar-refractivity contribution in [1.82, 2.24) is 0 Å². The van der Waals surface area contributed by atoms with Gasteiger partial charge in [0.1, 0.15) is 3.67 Å². The van der Waals surface area contributed by atoms with Crippen LogP contribution in [0.3, 0.4) is 0 Å². The fourth-order valence-corrected chi connectivity index (χ4v) is 0. The Kier molecular flexibility index (Phi) is 3.03. The Labute approximate surface area is 51.7 Å². The van der Waals surface area contributed by atoms with Gasteiger partial charge in [-0.15, -0.1) is 9.24 Å². The molecule has 36 valence electrons. The van der Waals surface area contributed by atoms with Gasteiger partial charge in [-0.05, 0) is 0 Å². The molecule has 0 spiro atoms. The Bertz CT molecular complexity index is 62.6. The molecular weight excluding hydrogens is 214 g/mol. The number of halogens is 1. The molecule has 0 aromatic rings. The van der Waals surface area contributed by atoms with Gasteiger partial charge in [-0.2, -0.15) is 0 Å². The molecule has 2 atom stereocenters. The van der Waals surface area contributed by atoms with Crippen LogP contribution in [0.4, 0.5) is 0 Å². The van der Waals surface area contributed by atoms with E-state index in [1.54, 1.807) is 22.6 Å². The Morgan fingerprint density at radius 2 is 2.17 bits per heavy atom. The summed E-state index contributed by atoms with van der Waals surface area (Å²) in [6, 6.07) is 0. The van der Waals surface area contributed by atoms with Crippen LogP contribution in [0.25, 0.3) is 0 Å². The smallest absolute Gasteiger partial charge is 0.320 e. The molecule has 0 radical (unpaired) electrons. The van der Waals surface area contributed by atoms with E-state index in [4.69, 9.17) is 5.11 Å². The largest absolute Gasteiger partial charge is 0.480 e. The minimum Gasteiger partial charge on any atom is -0.480 e. The summed E-state index contributed by atoms with van der Waals surface area (Å²) >= 11 is 1.80. The first-order valence-electron chi connectivity index (χ1n) is 1.27. The van der Waals surface area contributed by atoms with Crippen molar-refractivity contribution >= 4 is 37.8 Å². The van der Waals surface area contributed by atoms with E-state index in [9.17, 15) is 4.79 Å². The van der Waals surface area contributed by atoms with E-state index >= 15 is 0 Å². The van der Waals surface area contributed by atoms with Crippen molar-refractivity contribution in [3.05, 3.63) is 0 Å². The standard InChI is InChI=1S/C2H4IO2P/c3-1(6)2(4)5/h1H,6H2,(H,4,5). The molecule has 0 aromatic carbocycles. The number of alkyl halides is 1. The van der Waals surface area contributed by atoms with Crippen LogP contribution >= 0.6 is 31.8 Å². The summed E-state index contributed by atoms with van der Waals surface area (Å²) in [5, 5.41) is 7.96. The topological polar surface area (TPSA) is 37.3 Å². The summed E-state index contributed by atoms with van der Waals surface area (Å²) in [4.78, 5) is 9.67. The lowest BCUT2D eigenvalue weighted by Crippen LogP contribution is -2.02. The van der Waals surface area contributed by atoms with Crippen LogP contribution in [-0.2, 0) is 4.79 Å². The number of carboxylic acids is 1. The first-order chi connectivity index (χ1) is 2.64. The quantitative estimate of drug-likeness (QED) is 0.399. The van der Waals surface area contributed by atoms with Crippen molar-refractivity contribution < 1.29 is 9.90 Å². The van der Waals surface area contributed by atoms with Gasteiger partial charge >= 0.3 is 5.97 Å². The van der Waals surface area contributed by atoms with Gasteiger partial charge in [0.15, 0.2) is 0 Å². The van der Waals surface area contributed by atoms with Gasteiger partial charge in [0.05, 0.1) is 0 Å². The molecule has 0 bridgehead atoms. The molecule has 0 fully saturated rings. The zero-order valence-electron chi connectivity index (χ0n) is 2.89. The zero-order valence-corrected chi connectivity index (χ0v) is 6.20. The first-order valence-corrected chi connectivity index (χ1v) is 3.18. The third-order valence-corrected chi connectivity index (χ3v) is 1.05. The molecule has 2 nitrogen and oxygen atoms in total. The molecule has 0 aliphatic heterocycles. The third kappa shape index (κ3) is 2.85. The van der Waals surface area contributed by atoms with E-state index < -0.39 is 5.97 Å². The number of hydrogen-bond donors (Lipinski definition) is 1. The van der Waals surface area contributed by atoms with Gasteiger partial charge in [0, 0.05) is 0 Å². The number of carboxylic acid groups (broad SMARTS) is 1. The first kappa shape index (κ1) is 6.63. The zero-order chi connectivity index (χ0) is 5.15. The Balaban J connectivity index is 3.26. The number of rotatable bonds is 1. The fourth-order valence-electron chi connectivity index (χ4n) is 0. The van der Waals surface area contributed by atoms with E-state index in [-0.39, 0.29) is 3.67 Å². The van der Waals surface area contributed by atoms with Gasteiger partial charge in [-0.3, -0.25) is 4.79 Å². The molecule has 2 unspecified atom stereocenters. The molecule has 0 aliphatic rings. The fraction of sp³-hybridized carbons (Fsp3) is 0.500. The van der Waals surface area contributed by atoms with Gasteiger partial charge in [0.25, 0.3) is 0 Å². The van der Waals surface area contributed by atoms with Crippen LogP contribution in [0, 0.1) is 0 Å². The van der Waals surface area contributed by atoms with Crippen molar-refractivity contribution in [2.24, 2.45) is 0 Å². The Morgan fingerprint density at radius 1 is 2.00 bits per heavy atom. The van der Waals surface area contributed by atoms with Crippen molar-refractivity contribution in [2.45, 2.75) is 3.67 Å². The second-order valence-electron chi connectivity index (χ2n) is 0.740. The van der Waals surface area contributed by atoms with Crippen molar-refractivity contribution in [3.63, 3.8) is 0 Å². The van der Waals surface area contributed by atoms with Crippen LogP contribution in [0.5, 0.6) is 0 Å². The molecule has 6 heavy (non-hydrogen) atoms. The molecule has 0 saturated heterocycles. The molecule has 0 saturated carbocycles. The minimum atomic E-state index is -0.791. The summed E-state index contributed by atoms with van der Waals surface area (Å²) in [7, 11) is 2.16. The summed E-state index contributed by atoms with van der Waals surface area (Å²) in [6.07, 6.45) is 0. The minimum absolute atomic E-state index is 0.345. The highest BCUT2D eigenvalue weighted by molar-refractivity contribution is 14.1. The van der Waals surface area contributed by atoms with E-state index in [0.717, 1.165) is 0 Å². The van der Waals surface area contributed by atoms with Crippen LogP contribution < -0.4 is 0 Å². The van der Waals surface area contributed by atoms with Gasteiger partial charge in [-0.25, -0.2) is 0 Å². The Morgan fingerprint density at radius 3 is 2.17 bits per heavy atom. The van der Waals surface area contributed by atoms with Crippen molar-refractivity contribution in [1.29, 1.82) is 0 Å². The molecule has 0 rings (SSSR count). The number of carbonyl (C=O) groups is 1. The predicted molar refractivity (Wildman–Crippen MR) is 35.2 cm³/mol. The lowest BCUT2D eigenvalue weighted by Gasteiger charge is -1.87. The highest BCUT2D eigenvalue weighted by Gasteiger charge is 2.01. The summed E-state index contributed by atoms with van der Waals surface area (Å²) in [5.41, 5.74) is 0. The van der Waals surface area contributed by atoms with Crippen LogP contribution in [-0.4, -0.2) is 14.7 Å². The summed E-state index contributed by atoms with van der Waals surface area (Å²) in [5.74, 6) is -0.791. The molecule has 1 N–H and O–H groups in total. The lowest BCUT2D eigenvalue weighted by atomic mass is 10.8. The summed E-state index contributed by atoms with van der Waals surface area (Å²) < 4.78 is -0.345. The van der Waals surface area contributed by atoms with E-state index in [1.165, 1.54) is 0 Å². The third-order valence-electron chi connectivity index (χ3n) is 0.236. The lowest BCUT2D eigenvalue weighted by molar-refractivity contribution is -0.134. The highest BCUT2D eigenvalue weighted by Crippen LogP contribution is 2.07. The second-order valence-corrected chi connectivity index (χ2v) is 4.11. The Hall–Kier alpha value is 0.630. The van der Waals surface area contributed by atoms with Crippen LogP contribution in [0.15, 0.2) is 0 Å². The van der Waals surface area contributed by atoms with Gasteiger partial charge in [0.2, 0.25) is 0 Å². The summed E-state index contributed by atoms with van der Waals surface area (Å²) in [6.45, 7) is 0. The predicted octanol–water partition coefficient (Wildman–Crippen LogP) is 0.707. The SMILES string of the molecule is O=C(O)C(P)I. The second kappa shape index (κ2) is 2.75. The molecule has 0 aliphatic carbocycles. The molecule has 4 heteroatoms. The average Bonchev–Trinajstić information content (AvgIpc) is 1.36. The molecular formula is C2H4IO2P. The molecule has 0 aromatic heterocycles. The maximum Gasteiger partial charge on any atom is 0.320 e. The molecule has 0 heterocycles. The van der Waals surface area contributed by atoms with Crippen LogP contribution in [0.2, 0.25) is 0 Å². The van der Waals surface area contributed by atoms with Crippen molar-refractivity contribution in [3.8, 4) is 0 Å². The van der Waals surface area contributed by atoms with E-state index in [0.29, 0.717) is 0 Å². The van der Waals surface area contributed by atoms with Gasteiger partial charge < -0.3 is 5.11 Å². The van der Waals surface area contributed by atoms with Gasteiger partial charge in [-0.1, -0.05) is 22.6 Å². The maximum absolute atomic E-state index is 9.67. The van der Waals surface area contributed by atoms with Crippen LogP contribution in [0.1, 0.15) is 0 Å². The monoisotopic (exact) mass is 218 g/mol. The normalized spacial score (nSPS) is 13.7. The average molecular weight is 218 g/mol. The van der Waals surface area contributed by atoms with E-state index in [1.807, 2.05) is 0 Å². The number of aliphatic carboxylic acids is 1. The molecule has 0 amide bonds. The van der Waals surface area contributed by atoms with Crippen molar-refractivity contribution in [2.75, 3.05) is 0 Å². The highest BCUT2D eigenvalue weighted by atomic mass is 127. The van der Waals surface area contributed by atoms with E-state index in [2.05, 4.69) is 9.24 Å². The maximum atomic E-state index is 9.67.